The number of benzene rings is 1. The highest BCUT2D eigenvalue weighted by atomic mass is 19.4. The maximum atomic E-state index is 12.0. The lowest BCUT2D eigenvalue weighted by molar-refractivity contribution is -0.115. The Labute approximate surface area is 87.3 Å². The SMILES string of the molecule is CCCc1ccccc1NCC(F)(F)F. The second-order valence-electron chi connectivity index (χ2n) is 3.38. The van der Waals surface area contributed by atoms with Crippen LogP contribution < -0.4 is 5.32 Å². The molecule has 0 aliphatic rings. The molecule has 0 fully saturated rings. The van der Waals surface area contributed by atoms with Gasteiger partial charge in [0.1, 0.15) is 6.54 Å². The van der Waals surface area contributed by atoms with Gasteiger partial charge >= 0.3 is 6.18 Å². The Morgan fingerprint density at radius 2 is 1.87 bits per heavy atom. The lowest BCUT2D eigenvalue weighted by Crippen LogP contribution is -2.21. The van der Waals surface area contributed by atoms with E-state index in [9.17, 15) is 13.2 Å². The molecule has 1 aromatic rings. The van der Waals surface area contributed by atoms with Crippen LogP contribution in [-0.4, -0.2) is 12.7 Å². The molecule has 0 aliphatic carbocycles. The summed E-state index contributed by atoms with van der Waals surface area (Å²) in [5.41, 5.74) is 1.51. The highest BCUT2D eigenvalue weighted by molar-refractivity contribution is 5.51. The van der Waals surface area contributed by atoms with Crippen LogP contribution in [-0.2, 0) is 6.42 Å². The molecule has 0 atom stereocenters. The average Bonchev–Trinajstić information content (AvgIpc) is 2.16. The number of halogens is 3. The first-order chi connectivity index (χ1) is 7.03. The minimum Gasteiger partial charge on any atom is -0.376 e. The molecule has 0 amide bonds. The Morgan fingerprint density at radius 3 is 2.47 bits per heavy atom. The van der Waals surface area contributed by atoms with Crippen molar-refractivity contribution in [2.75, 3.05) is 11.9 Å². The van der Waals surface area contributed by atoms with Gasteiger partial charge in [-0.2, -0.15) is 13.2 Å². The molecule has 0 bridgehead atoms. The maximum Gasteiger partial charge on any atom is 0.405 e. The summed E-state index contributed by atoms with van der Waals surface area (Å²) in [4.78, 5) is 0. The predicted octanol–water partition coefficient (Wildman–Crippen LogP) is 3.61. The molecule has 1 N–H and O–H groups in total. The van der Waals surface area contributed by atoms with Crippen LogP contribution in [0.3, 0.4) is 0 Å². The first-order valence-corrected chi connectivity index (χ1v) is 4.91. The van der Waals surface area contributed by atoms with Crippen LogP contribution in [0.5, 0.6) is 0 Å². The number of rotatable bonds is 4. The van der Waals surface area contributed by atoms with E-state index in [1.54, 1.807) is 12.1 Å². The lowest BCUT2D eigenvalue weighted by atomic mass is 10.1. The third-order valence-corrected chi connectivity index (χ3v) is 2.02. The van der Waals surface area contributed by atoms with E-state index >= 15 is 0 Å². The van der Waals surface area contributed by atoms with Crippen LogP contribution in [0.25, 0.3) is 0 Å². The molecule has 0 saturated carbocycles. The molecule has 0 spiro atoms. The minimum atomic E-state index is -4.17. The molecule has 1 aromatic carbocycles. The van der Waals surface area contributed by atoms with Crippen LogP contribution in [0.2, 0.25) is 0 Å². The highest BCUT2D eigenvalue weighted by Crippen LogP contribution is 2.20. The van der Waals surface area contributed by atoms with Crippen LogP contribution in [0, 0.1) is 0 Å². The number of para-hydroxylation sites is 1. The molecule has 0 aliphatic heterocycles. The Hall–Kier alpha value is -1.19. The number of anilines is 1. The normalized spacial score (nSPS) is 11.5. The third kappa shape index (κ3) is 4.23. The lowest BCUT2D eigenvalue weighted by Gasteiger charge is -2.13. The first-order valence-electron chi connectivity index (χ1n) is 4.91. The fourth-order valence-corrected chi connectivity index (χ4v) is 1.38. The summed E-state index contributed by atoms with van der Waals surface area (Å²) in [6, 6.07) is 7.10. The van der Waals surface area contributed by atoms with E-state index in [1.165, 1.54) is 0 Å². The fraction of sp³-hybridized carbons (Fsp3) is 0.455. The summed E-state index contributed by atoms with van der Waals surface area (Å²) in [5, 5.41) is 2.41. The van der Waals surface area contributed by atoms with Gasteiger partial charge < -0.3 is 5.32 Å². The fourth-order valence-electron chi connectivity index (χ4n) is 1.38. The molecule has 1 nitrogen and oxygen atoms in total. The van der Waals surface area contributed by atoms with Crippen LogP contribution in [0.15, 0.2) is 24.3 Å². The summed E-state index contributed by atoms with van der Waals surface area (Å²) in [7, 11) is 0. The van der Waals surface area contributed by atoms with Crippen molar-refractivity contribution < 1.29 is 13.2 Å². The Morgan fingerprint density at radius 1 is 1.20 bits per heavy atom. The molecular weight excluding hydrogens is 203 g/mol. The Balaban J connectivity index is 2.67. The average molecular weight is 217 g/mol. The molecule has 0 saturated heterocycles. The van der Waals surface area contributed by atoms with Crippen LogP contribution in [0.1, 0.15) is 18.9 Å². The predicted molar refractivity (Wildman–Crippen MR) is 55.0 cm³/mol. The molecular formula is C11H14F3N. The Bertz CT molecular complexity index is 307. The molecule has 0 heterocycles. The monoisotopic (exact) mass is 217 g/mol. The van der Waals surface area contributed by atoms with Gasteiger partial charge in [-0.05, 0) is 18.1 Å². The molecule has 1 rings (SSSR count). The molecule has 4 heteroatoms. The summed E-state index contributed by atoms with van der Waals surface area (Å²) in [6.07, 6.45) is -2.45. The summed E-state index contributed by atoms with van der Waals surface area (Å²) >= 11 is 0. The number of hydrogen-bond donors (Lipinski definition) is 1. The summed E-state index contributed by atoms with van der Waals surface area (Å²) in [5.74, 6) is 0. The quantitative estimate of drug-likeness (QED) is 0.812. The Kier molecular flexibility index (Phi) is 4.00. The number of alkyl halides is 3. The topological polar surface area (TPSA) is 12.0 Å². The van der Waals surface area contributed by atoms with E-state index in [2.05, 4.69) is 5.32 Å². The van der Waals surface area contributed by atoms with Crippen molar-refractivity contribution in [1.29, 1.82) is 0 Å². The molecule has 0 aromatic heterocycles. The van der Waals surface area contributed by atoms with E-state index in [0.29, 0.717) is 5.69 Å². The van der Waals surface area contributed by atoms with Crippen molar-refractivity contribution in [3.05, 3.63) is 29.8 Å². The van der Waals surface area contributed by atoms with Gasteiger partial charge in [0.25, 0.3) is 0 Å². The van der Waals surface area contributed by atoms with Crippen molar-refractivity contribution in [2.45, 2.75) is 25.9 Å². The van der Waals surface area contributed by atoms with E-state index in [-0.39, 0.29) is 0 Å². The highest BCUT2D eigenvalue weighted by Gasteiger charge is 2.26. The van der Waals surface area contributed by atoms with Gasteiger partial charge in [0.05, 0.1) is 0 Å². The third-order valence-electron chi connectivity index (χ3n) is 2.02. The van der Waals surface area contributed by atoms with Gasteiger partial charge in [-0.15, -0.1) is 0 Å². The second-order valence-corrected chi connectivity index (χ2v) is 3.38. The molecule has 0 radical (unpaired) electrons. The smallest absolute Gasteiger partial charge is 0.376 e. The van der Waals surface area contributed by atoms with E-state index in [4.69, 9.17) is 0 Å². The zero-order valence-corrected chi connectivity index (χ0v) is 8.56. The zero-order chi connectivity index (χ0) is 11.3. The number of aryl methyl sites for hydroxylation is 1. The van der Waals surface area contributed by atoms with E-state index in [1.807, 2.05) is 19.1 Å². The van der Waals surface area contributed by atoms with E-state index < -0.39 is 12.7 Å². The zero-order valence-electron chi connectivity index (χ0n) is 8.56. The van der Waals surface area contributed by atoms with Crippen LogP contribution >= 0.6 is 0 Å². The van der Waals surface area contributed by atoms with Gasteiger partial charge in [-0.3, -0.25) is 0 Å². The van der Waals surface area contributed by atoms with Crippen molar-refractivity contribution in [1.82, 2.24) is 0 Å². The number of nitrogens with one attached hydrogen (secondary N) is 1. The standard InChI is InChI=1S/C11H14F3N/c1-2-5-9-6-3-4-7-10(9)15-8-11(12,13)14/h3-4,6-7,15H,2,5,8H2,1H3. The molecule has 15 heavy (non-hydrogen) atoms. The molecule has 0 unspecified atom stereocenters. The summed E-state index contributed by atoms with van der Waals surface area (Å²) < 4.78 is 36.0. The van der Waals surface area contributed by atoms with Crippen molar-refractivity contribution in [2.24, 2.45) is 0 Å². The first kappa shape index (κ1) is 11.9. The van der Waals surface area contributed by atoms with Gasteiger partial charge in [0.2, 0.25) is 0 Å². The van der Waals surface area contributed by atoms with Gasteiger partial charge in [0.15, 0.2) is 0 Å². The van der Waals surface area contributed by atoms with Crippen molar-refractivity contribution in [3.8, 4) is 0 Å². The largest absolute Gasteiger partial charge is 0.405 e. The van der Waals surface area contributed by atoms with Crippen molar-refractivity contribution >= 4 is 5.69 Å². The summed E-state index contributed by atoms with van der Waals surface area (Å²) in [6.45, 7) is 1.02. The van der Waals surface area contributed by atoms with E-state index in [0.717, 1.165) is 18.4 Å². The van der Waals surface area contributed by atoms with Gasteiger partial charge in [-0.25, -0.2) is 0 Å². The minimum absolute atomic E-state index is 0.580. The maximum absolute atomic E-state index is 12.0. The van der Waals surface area contributed by atoms with Gasteiger partial charge in [-0.1, -0.05) is 31.5 Å². The van der Waals surface area contributed by atoms with Gasteiger partial charge in [0, 0.05) is 5.69 Å². The second kappa shape index (κ2) is 5.05. The number of hydrogen-bond acceptors (Lipinski definition) is 1. The van der Waals surface area contributed by atoms with Crippen LogP contribution in [0.4, 0.5) is 18.9 Å². The molecule has 84 valence electrons. The van der Waals surface area contributed by atoms with Crippen molar-refractivity contribution in [3.63, 3.8) is 0 Å².